The van der Waals surface area contributed by atoms with Crippen molar-refractivity contribution < 1.29 is 18.3 Å². The summed E-state index contributed by atoms with van der Waals surface area (Å²) in [6.45, 7) is -0.124. The second-order valence-electron chi connectivity index (χ2n) is 4.19. The molecule has 0 bridgehead atoms. The van der Waals surface area contributed by atoms with Crippen LogP contribution in [0, 0.1) is 17.5 Å². The second-order valence-corrected chi connectivity index (χ2v) is 4.63. The third-order valence-corrected chi connectivity index (χ3v) is 2.99. The lowest BCUT2D eigenvalue weighted by molar-refractivity contribution is 0.191. The Morgan fingerprint density at radius 3 is 2.15 bits per heavy atom. The molecule has 2 rings (SSSR count). The summed E-state index contributed by atoms with van der Waals surface area (Å²) in [5.41, 5.74) is 0.0734. The summed E-state index contributed by atoms with van der Waals surface area (Å²) in [7, 11) is 0. The zero-order valence-electron chi connectivity index (χ0n) is 10.2. The van der Waals surface area contributed by atoms with E-state index in [1.54, 1.807) is 24.3 Å². The normalized spacial score (nSPS) is 12.2. The van der Waals surface area contributed by atoms with Crippen LogP contribution in [0.25, 0.3) is 0 Å². The molecule has 0 heterocycles. The third-order valence-electron chi connectivity index (χ3n) is 2.73. The molecule has 2 aromatic rings. The Morgan fingerprint density at radius 1 is 1.05 bits per heavy atom. The average Bonchev–Trinajstić information content (AvgIpc) is 2.38. The highest BCUT2D eigenvalue weighted by Crippen LogP contribution is 2.22. The first-order chi connectivity index (χ1) is 9.47. The van der Waals surface area contributed by atoms with Crippen LogP contribution in [-0.4, -0.2) is 11.7 Å². The van der Waals surface area contributed by atoms with Crippen LogP contribution >= 0.6 is 11.6 Å². The molecule has 0 saturated carbocycles. The van der Waals surface area contributed by atoms with Crippen molar-refractivity contribution in [1.29, 1.82) is 0 Å². The Balaban J connectivity index is 2.07. The Bertz CT molecular complexity index is 581. The van der Waals surface area contributed by atoms with Gasteiger partial charge >= 0.3 is 0 Å². The van der Waals surface area contributed by atoms with Gasteiger partial charge in [0.25, 0.3) is 0 Å². The summed E-state index contributed by atoms with van der Waals surface area (Å²) >= 11 is 5.71. The van der Waals surface area contributed by atoms with Crippen LogP contribution in [0.5, 0.6) is 0 Å². The van der Waals surface area contributed by atoms with Gasteiger partial charge in [-0.1, -0.05) is 23.7 Å². The fourth-order valence-corrected chi connectivity index (χ4v) is 1.84. The molecule has 0 spiro atoms. The van der Waals surface area contributed by atoms with Gasteiger partial charge in [-0.3, -0.25) is 0 Å². The molecular formula is C14H11ClF3NO. The standard InChI is InChI=1S/C14H11ClF3NO/c15-9-3-1-8(2-4-9)13(20)7-19-14-11(17)5-10(16)6-12(14)18/h1-6,13,19-20H,7H2. The first-order valence-electron chi connectivity index (χ1n) is 5.79. The number of benzene rings is 2. The molecule has 0 saturated heterocycles. The van der Waals surface area contributed by atoms with E-state index in [0.29, 0.717) is 22.7 Å². The van der Waals surface area contributed by atoms with Gasteiger partial charge in [-0.2, -0.15) is 0 Å². The van der Waals surface area contributed by atoms with Crippen LogP contribution < -0.4 is 5.32 Å². The molecule has 0 aliphatic heterocycles. The Kier molecular flexibility index (Phi) is 4.52. The summed E-state index contributed by atoms with van der Waals surface area (Å²) in [5, 5.41) is 12.8. The highest BCUT2D eigenvalue weighted by molar-refractivity contribution is 6.30. The van der Waals surface area contributed by atoms with E-state index >= 15 is 0 Å². The summed E-state index contributed by atoms with van der Waals surface area (Å²) in [6.07, 6.45) is -0.976. The summed E-state index contributed by atoms with van der Waals surface area (Å²) in [5.74, 6) is -3.10. The minimum Gasteiger partial charge on any atom is -0.387 e. The second kappa shape index (κ2) is 6.15. The number of rotatable bonds is 4. The number of halogens is 4. The molecule has 2 nitrogen and oxygen atoms in total. The number of hydrogen-bond donors (Lipinski definition) is 2. The average molecular weight is 302 g/mol. The van der Waals surface area contributed by atoms with E-state index in [-0.39, 0.29) is 6.54 Å². The monoisotopic (exact) mass is 301 g/mol. The molecule has 20 heavy (non-hydrogen) atoms. The van der Waals surface area contributed by atoms with Crippen LogP contribution in [0.2, 0.25) is 5.02 Å². The van der Waals surface area contributed by atoms with E-state index in [1.165, 1.54) is 0 Å². The lowest BCUT2D eigenvalue weighted by Gasteiger charge is -2.14. The highest BCUT2D eigenvalue weighted by atomic mass is 35.5. The number of anilines is 1. The molecule has 1 atom stereocenters. The van der Waals surface area contributed by atoms with Crippen molar-refractivity contribution in [3.8, 4) is 0 Å². The molecule has 0 aliphatic carbocycles. The van der Waals surface area contributed by atoms with Crippen LogP contribution in [0.3, 0.4) is 0 Å². The van der Waals surface area contributed by atoms with E-state index in [2.05, 4.69) is 5.32 Å². The molecule has 6 heteroatoms. The smallest absolute Gasteiger partial charge is 0.152 e. The molecule has 1 unspecified atom stereocenters. The first-order valence-corrected chi connectivity index (χ1v) is 6.17. The quantitative estimate of drug-likeness (QED) is 0.897. The molecule has 106 valence electrons. The molecule has 0 amide bonds. The molecule has 2 N–H and O–H groups in total. The fraction of sp³-hybridized carbons (Fsp3) is 0.143. The number of nitrogens with one attached hydrogen (secondary N) is 1. The van der Waals surface area contributed by atoms with Gasteiger partial charge in [0, 0.05) is 23.7 Å². The van der Waals surface area contributed by atoms with Crippen molar-refractivity contribution in [2.45, 2.75) is 6.10 Å². The van der Waals surface area contributed by atoms with E-state index in [0.717, 1.165) is 0 Å². The maximum Gasteiger partial charge on any atom is 0.152 e. The largest absolute Gasteiger partial charge is 0.387 e. The predicted octanol–water partition coefficient (Wildman–Crippen LogP) is 3.90. The number of aliphatic hydroxyl groups is 1. The maximum absolute atomic E-state index is 13.4. The summed E-state index contributed by atoms with van der Waals surface area (Å²) in [4.78, 5) is 0. The number of hydrogen-bond acceptors (Lipinski definition) is 2. The van der Waals surface area contributed by atoms with E-state index < -0.39 is 29.2 Å². The fourth-order valence-electron chi connectivity index (χ4n) is 1.71. The summed E-state index contributed by atoms with van der Waals surface area (Å²) in [6, 6.07) is 7.54. The predicted molar refractivity (Wildman–Crippen MR) is 71.2 cm³/mol. The minimum atomic E-state index is -1.05. The molecule has 2 aromatic carbocycles. The Hall–Kier alpha value is -1.72. The Morgan fingerprint density at radius 2 is 1.60 bits per heavy atom. The van der Waals surface area contributed by atoms with Crippen LogP contribution in [0.15, 0.2) is 36.4 Å². The van der Waals surface area contributed by atoms with Gasteiger partial charge in [0.05, 0.1) is 6.10 Å². The Labute approximate surface area is 118 Å². The van der Waals surface area contributed by atoms with Crippen molar-refractivity contribution in [3.05, 3.63) is 64.4 Å². The van der Waals surface area contributed by atoms with Gasteiger partial charge < -0.3 is 10.4 Å². The number of aliphatic hydroxyl groups excluding tert-OH is 1. The minimum absolute atomic E-state index is 0.124. The van der Waals surface area contributed by atoms with Crippen molar-refractivity contribution in [2.75, 3.05) is 11.9 Å². The maximum atomic E-state index is 13.4. The SMILES string of the molecule is OC(CNc1c(F)cc(F)cc1F)c1ccc(Cl)cc1. The van der Waals surface area contributed by atoms with Crippen LogP contribution in [0.4, 0.5) is 18.9 Å². The molecule has 0 fully saturated rings. The van der Waals surface area contributed by atoms with Crippen molar-refractivity contribution >= 4 is 17.3 Å². The molecule has 0 aromatic heterocycles. The van der Waals surface area contributed by atoms with Crippen molar-refractivity contribution in [1.82, 2.24) is 0 Å². The van der Waals surface area contributed by atoms with E-state index in [9.17, 15) is 18.3 Å². The first kappa shape index (κ1) is 14.7. The van der Waals surface area contributed by atoms with Gasteiger partial charge in [-0.15, -0.1) is 0 Å². The van der Waals surface area contributed by atoms with Crippen LogP contribution in [0.1, 0.15) is 11.7 Å². The van der Waals surface area contributed by atoms with Gasteiger partial charge in [-0.25, -0.2) is 13.2 Å². The van der Waals surface area contributed by atoms with Crippen molar-refractivity contribution in [3.63, 3.8) is 0 Å². The lowest BCUT2D eigenvalue weighted by atomic mass is 10.1. The molecule has 0 aliphatic rings. The van der Waals surface area contributed by atoms with E-state index in [1.807, 2.05) is 0 Å². The summed E-state index contributed by atoms with van der Waals surface area (Å²) < 4.78 is 39.5. The topological polar surface area (TPSA) is 32.3 Å². The highest BCUT2D eigenvalue weighted by Gasteiger charge is 2.13. The van der Waals surface area contributed by atoms with Crippen molar-refractivity contribution in [2.24, 2.45) is 0 Å². The zero-order chi connectivity index (χ0) is 14.7. The zero-order valence-corrected chi connectivity index (χ0v) is 11.0. The lowest BCUT2D eigenvalue weighted by Crippen LogP contribution is -2.14. The molecule has 0 radical (unpaired) electrons. The van der Waals surface area contributed by atoms with Crippen LogP contribution in [-0.2, 0) is 0 Å². The van der Waals surface area contributed by atoms with E-state index in [4.69, 9.17) is 11.6 Å². The van der Waals surface area contributed by atoms with Gasteiger partial charge in [-0.05, 0) is 17.7 Å². The van der Waals surface area contributed by atoms with Gasteiger partial charge in [0.15, 0.2) is 11.6 Å². The molecular weight excluding hydrogens is 291 g/mol. The third kappa shape index (κ3) is 3.43. The van der Waals surface area contributed by atoms with Gasteiger partial charge in [0.2, 0.25) is 0 Å². The van der Waals surface area contributed by atoms with Gasteiger partial charge in [0.1, 0.15) is 11.5 Å².